The van der Waals surface area contributed by atoms with Gasteiger partial charge >= 0.3 is 0 Å². The lowest BCUT2D eigenvalue weighted by Crippen LogP contribution is -2.23. The molecule has 0 spiro atoms. The minimum absolute atomic E-state index is 0.416. The predicted molar refractivity (Wildman–Crippen MR) is 118 cm³/mol. The molecule has 0 aliphatic rings. The Kier molecular flexibility index (Phi) is 6.96. The molecule has 0 aliphatic heterocycles. The molecule has 2 N–H and O–H groups in total. The van der Waals surface area contributed by atoms with Crippen molar-refractivity contribution in [1.82, 2.24) is 5.43 Å². The van der Waals surface area contributed by atoms with Gasteiger partial charge in [-0.2, -0.15) is 5.10 Å². The van der Waals surface area contributed by atoms with Gasteiger partial charge in [-0.1, -0.05) is 64.5 Å². The summed E-state index contributed by atoms with van der Waals surface area (Å²) in [5.41, 5.74) is 5.67. The minimum atomic E-state index is 0.416. The average molecular weight is 440 g/mol. The fraction of sp³-hybridized carbons (Fsp3) is 0.0476. The van der Waals surface area contributed by atoms with Gasteiger partial charge in [0.1, 0.15) is 12.4 Å². The number of nitrogens with zero attached hydrogens (tertiary/aromatic N) is 1. The van der Waals surface area contributed by atoms with Crippen LogP contribution in [0.5, 0.6) is 5.75 Å². The third-order valence-corrected chi connectivity index (χ3v) is 4.30. The lowest BCUT2D eigenvalue weighted by Gasteiger charge is -2.10. The van der Waals surface area contributed by atoms with E-state index in [4.69, 9.17) is 17.0 Å². The van der Waals surface area contributed by atoms with E-state index >= 15 is 0 Å². The van der Waals surface area contributed by atoms with Crippen molar-refractivity contribution in [3.63, 3.8) is 0 Å². The van der Waals surface area contributed by atoms with Crippen molar-refractivity contribution < 1.29 is 4.74 Å². The summed E-state index contributed by atoms with van der Waals surface area (Å²) in [5, 5.41) is 7.70. The second kappa shape index (κ2) is 9.85. The number of thiocarbonyl (C=S) groups is 1. The molecule has 0 fully saturated rings. The van der Waals surface area contributed by atoms with E-state index in [0.29, 0.717) is 11.7 Å². The van der Waals surface area contributed by atoms with Crippen LogP contribution in [0.4, 0.5) is 5.69 Å². The first-order valence-corrected chi connectivity index (χ1v) is 9.52. The van der Waals surface area contributed by atoms with E-state index in [1.165, 1.54) is 0 Å². The highest BCUT2D eigenvalue weighted by Crippen LogP contribution is 2.22. The van der Waals surface area contributed by atoms with Crippen LogP contribution in [0.3, 0.4) is 0 Å². The van der Waals surface area contributed by atoms with Crippen LogP contribution in [0.25, 0.3) is 0 Å². The Balaban J connectivity index is 1.62. The smallest absolute Gasteiger partial charge is 0.191 e. The highest BCUT2D eigenvalue weighted by molar-refractivity contribution is 9.10. The molecule has 6 heteroatoms. The molecule has 0 atom stereocenters. The number of hydrogen-bond donors (Lipinski definition) is 2. The number of para-hydroxylation sites is 1. The highest BCUT2D eigenvalue weighted by Gasteiger charge is 2.04. The molecule has 136 valence electrons. The SMILES string of the molecule is S=C(NN=Cc1cc(Br)ccc1OCc1ccccc1)Nc1ccccc1. The van der Waals surface area contributed by atoms with Gasteiger partial charge in [0.2, 0.25) is 0 Å². The van der Waals surface area contributed by atoms with Crippen LogP contribution in [-0.2, 0) is 6.61 Å². The number of rotatable bonds is 6. The zero-order valence-corrected chi connectivity index (χ0v) is 16.8. The number of benzene rings is 3. The molecule has 27 heavy (non-hydrogen) atoms. The van der Waals surface area contributed by atoms with Crippen molar-refractivity contribution in [3.05, 3.63) is 94.5 Å². The maximum Gasteiger partial charge on any atom is 0.191 e. The maximum atomic E-state index is 5.94. The first-order chi connectivity index (χ1) is 13.2. The Hall–Kier alpha value is -2.70. The molecule has 3 aromatic rings. The third-order valence-electron chi connectivity index (χ3n) is 3.61. The fourth-order valence-electron chi connectivity index (χ4n) is 2.33. The van der Waals surface area contributed by atoms with Crippen molar-refractivity contribution in [2.45, 2.75) is 6.61 Å². The van der Waals surface area contributed by atoms with E-state index in [2.05, 4.69) is 31.8 Å². The van der Waals surface area contributed by atoms with Crippen LogP contribution in [0.2, 0.25) is 0 Å². The van der Waals surface area contributed by atoms with Crippen molar-refractivity contribution in [1.29, 1.82) is 0 Å². The molecular formula is C21H18BrN3OS. The summed E-state index contributed by atoms with van der Waals surface area (Å²) in [4.78, 5) is 0. The van der Waals surface area contributed by atoms with E-state index < -0.39 is 0 Å². The molecule has 0 amide bonds. The first kappa shape index (κ1) is 19.1. The van der Waals surface area contributed by atoms with Gasteiger partial charge in [0.25, 0.3) is 0 Å². The third kappa shape index (κ3) is 6.20. The Morgan fingerprint density at radius 3 is 2.44 bits per heavy atom. The number of anilines is 1. The molecule has 3 rings (SSSR count). The zero-order chi connectivity index (χ0) is 18.9. The maximum absolute atomic E-state index is 5.94. The molecule has 0 heterocycles. The summed E-state index contributed by atoms with van der Waals surface area (Å²) in [6, 6.07) is 25.5. The van der Waals surface area contributed by atoms with Gasteiger partial charge in [-0.3, -0.25) is 5.43 Å². The van der Waals surface area contributed by atoms with E-state index in [1.54, 1.807) is 6.21 Å². The van der Waals surface area contributed by atoms with Crippen LogP contribution in [0, 0.1) is 0 Å². The van der Waals surface area contributed by atoms with E-state index in [1.807, 2.05) is 78.9 Å². The van der Waals surface area contributed by atoms with Gasteiger partial charge in [0.05, 0.1) is 6.21 Å². The van der Waals surface area contributed by atoms with E-state index in [9.17, 15) is 0 Å². The van der Waals surface area contributed by atoms with Crippen LogP contribution in [0.15, 0.2) is 88.4 Å². The summed E-state index contributed by atoms with van der Waals surface area (Å²) in [6.07, 6.45) is 1.68. The van der Waals surface area contributed by atoms with Crippen LogP contribution >= 0.6 is 28.1 Å². The molecule has 0 aliphatic carbocycles. The largest absolute Gasteiger partial charge is 0.488 e. The molecular weight excluding hydrogens is 422 g/mol. The fourth-order valence-corrected chi connectivity index (χ4v) is 2.88. The van der Waals surface area contributed by atoms with Gasteiger partial charge in [0.15, 0.2) is 5.11 Å². The number of hydrazone groups is 1. The molecule has 0 bridgehead atoms. The topological polar surface area (TPSA) is 45.7 Å². The summed E-state index contributed by atoms with van der Waals surface area (Å²) in [5.74, 6) is 0.745. The summed E-state index contributed by atoms with van der Waals surface area (Å²) < 4.78 is 6.89. The monoisotopic (exact) mass is 439 g/mol. The number of nitrogens with one attached hydrogen (secondary N) is 2. The van der Waals surface area contributed by atoms with Gasteiger partial charge in [-0.05, 0) is 48.1 Å². The standard InChI is InChI=1S/C21H18BrN3OS/c22-18-11-12-20(26-15-16-7-3-1-4-8-16)17(13-18)14-23-25-21(27)24-19-9-5-2-6-10-19/h1-14H,15H2,(H2,24,25,27). The number of halogens is 1. The van der Waals surface area contributed by atoms with Crippen molar-refractivity contribution in [2.24, 2.45) is 5.10 Å². The van der Waals surface area contributed by atoms with E-state index in [0.717, 1.165) is 27.0 Å². The van der Waals surface area contributed by atoms with Gasteiger partial charge < -0.3 is 10.1 Å². The van der Waals surface area contributed by atoms with Crippen molar-refractivity contribution >= 4 is 45.2 Å². The Morgan fingerprint density at radius 1 is 1.00 bits per heavy atom. The Labute approximate surface area is 172 Å². The van der Waals surface area contributed by atoms with Crippen molar-refractivity contribution in [2.75, 3.05) is 5.32 Å². The summed E-state index contributed by atoms with van der Waals surface area (Å²) in [7, 11) is 0. The van der Waals surface area contributed by atoms with Crippen LogP contribution in [-0.4, -0.2) is 11.3 Å². The molecule has 0 unspecified atom stereocenters. The first-order valence-electron chi connectivity index (χ1n) is 8.32. The average Bonchev–Trinajstić information content (AvgIpc) is 2.69. The molecule has 0 radical (unpaired) electrons. The number of ether oxygens (including phenoxy) is 1. The summed E-state index contributed by atoms with van der Waals surface area (Å²) in [6.45, 7) is 0.491. The Morgan fingerprint density at radius 2 is 1.70 bits per heavy atom. The quantitative estimate of drug-likeness (QED) is 0.308. The van der Waals surface area contributed by atoms with Crippen LogP contribution in [0.1, 0.15) is 11.1 Å². The minimum Gasteiger partial charge on any atom is -0.488 e. The number of hydrogen-bond acceptors (Lipinski definition) is 3. The predicted octanol–water partition coefficient (Wildman–Crippen LogP) is 5.35. The zero-order valence-electron chi connectivity index (χ0n) is 14.4. The van der Waals surface area contributed by atoms with Gasteiger partial charge in [-0.15, -0.1) is 0 Å². The Bertz CT molecular complexity index is 917. The molecule has 0 saturated carbocycles. The molecule has 3 aromatic carbocycles. The molecule has 0 aromatic heterocycles. The van der Waals surface area contributed by atoms with Gasteiger partial charge in [0, 0.05) is 15.7 Å². The normalized spacial score (nSPS) is 10.6. The van der Waals surface area contributed by atoms with E-state index in [-0.39, 0.29) is 0 Å². The second-order valence-corrected chi connectivity index (χ2v) is 6.97. The molecule has 0 saturated heterocycles. The molecule has 4 nitrogen and oxygen atoms in total. The second-order valence-electron chi connectivity index (χ2n) is 5.65. The van der Waals surface area contributed by atoms with Crippen molar-refractivity contribution in [3.8, 4) is 5.75 Å². The summed E-state index contributed by atoms with van der Waals surface area (Å²) >= 11 is 8.73. The lowest BCUT2D eigenvalue weighted by molar-refractivity contribution is 0.306. The highest BCUT2D eigenvalue weighted by atomic mass is 79.9. The lowest BCUT2D eigenvalue weighted by atomic mass is 10.2. The van der Waals surface area contributed by atoms with Gasteiger partial charge in [-0.25, -0.2) is 0 Å². The van der Waals surface area contributed by atoms with Crippen LogP contribution < -0.4 is 15.5 Å².